The van der Waals surface area contributed by atoms with Gasteiger partial charge in [-0.25, -0.2) is 4.79 Å². The zero-order chi connectivity index (χ0) is 25.4. The summed E-state index contributed by atoms with van der Waals surface area (Å²) in [6.45, 7) is 4.15. The van der Waals surface area contributed by atoms with Crippen molar-refractivity contribution in [2.45, 2.75) is 44.8 Å². The summed E-state index contributed by atoms with van der Waals surface area (Å²) in [5.74, 6) is -1.25. The van der Waals surface area contributed by atoms with E-state index in [-0.39, 0.29) is 54.9 Å². The predicted molar refractivity (Wildman–Crippen MR) is 135 cm³/mol. The number of H-pyrrole nitrogens is 1. The first-order chi connectivity index (χ1) is 16.7. The van der Waals surface area contributed by atoms with Crippen molar-refractivity contribution >= 4 is 30.3 Å². The number of fused-ring (bicyclic) bond motifs is 1. The van der Waals surface area contributed by atoms with Gasteiger partial charge >= 0.3 is 35.5 Å². The number of rotatable bonds is 12. The van der Waals surface area contributed by atoms with Gasteiger partial charge in [0.25, 0.3) is 0 Å². The molecule has 8 nitrogen and oxygen atoms in total. The molecule has 188 valence electrons. The van der Waals surface area contributed by atoms with Crippen molar-refractivity contribution in [3.63, 3.8) is 0 Å². The van der Waals surface area contributed by atoms with Crippen LogP contribution in [0.2, 0.25) is 0 Å². The predicted octanol–water partition coefficient (Wildman–Crippen LogP) is 0.173. The molecule has 3 rings (SSSR count). The Morgan fingerprint density at radius 2 is 1.75 bits per heavy atom. The molecular formula is C26H33N3NaO5P. The Bertz CT molecular complexity index is 1190. The van der Waals surface area contributed by atoms with Gasteiger partial charge in [0.1, 0.15) is 6.04 Å². The molecule has 0 bridgehead atoms. The molecule has 0 aliphatic heterocycles. The van der Waals surface area contributed by atoms with Crippen LogP contribution in [0.3, 0.4) is 0 Å². The first kappa shape index (κ1) is 30.3. The van der Waals surface area contributed by atoms with E-state index in [1.165, 1.54) is 7.11 Å². The Kier molecular flexibility index (Phi) is 11.9. The first-order valence-corrected chi connectivity index (χ1v) is 13.5. The number of methoxy groups -OCH3 is 1. The second-order valence-corrected chi connectivity index (χ2v) is 11.0. The molecule has 0 saturated carbocycles. The fraction of sp³-hybridized carbons (Fsp3) is 0.385. The molecule has 4 atom stereocenters. The van der Waals surface area contributed by atoms with Crippen molar-refractivity contribution in [2.75, 3.05) is 13.7 Å². The molecule has 0 saturated heterocycles. The van der Waals surface area contributed by atoms with Gasteiger partial charge in [-0.15, -0.1) is 0 Å². The van der Waals surface area contributed by atoms with Crippen LogP contribution in [-0.2, 0) is 31.7 Å². The number of amides is 1. The Morgan fingerprint density at radius 1 is 1.08 bits per heavy atom. The molecular weight excluding hydrogens is 488 g/mol. The number of para-hydroxylation sites is 1. The third-order valence-corrected chi connectivity index (χ3v) is 8.10. The van der Waals surface area contributed by atoms with Crippen LogP contribution in [0, 0.1) is 5.92 Å². The second-order valence-electron chi connectivity index (χ2n) is 8.83. The van der Waals surface area contributed by atoms with Crippen molar-refractivity contribution in [2.24, 2.45) is 5.92 Å². The topological polar surface area (TPSA) is 123 Å². The third-order valence-electron chi connectivity index (χ3n) is 6.24. The number of carbonyl (C=O) groups is 2. The molecule has 10 heteroatoms. The van der Waals surface area contributed by atoms with E-state index in [4.69, 9.17) is 4.74 Å². The fourth-order valence-electron chi connectivity index (χ4n) is 3.87. The van der Waals surface area contributed by atoms with E-state index in [0.29, 0.717) is 5.56 Å². The van der Waals surface area contributed by atoms with Crippen molar-refractivity contribution in [1.82, 2.24) is 15.4 Å². The maximum Gasteiger partial charge on any atom is 1.00 e. The summed E-state index contributed by atoms with van der Waals surface area (Å²) in [5, 5.41) is 6.19. The summed E-state index contributed by atoms with van der Waals surface area (Å²) in [7, 11) is -3.13. The Labute approximate surface area is 234 Å². The number of ether oxygens (including phenoxy) is 1. The number of aromatic nitrogens is 1. The summed E-state index contributed by atoms with van der Waals surface area (Å²) in [5.41, 5.74) is 1.04. The van der Waals surface area contributed by atoms with E-state index >= 15 is 0 Å². The van der Waals surface area contributed by atoms with Gasteiger partial charge in [-0.1, -0.05) is 68.8 Å². The van der Waals surface area contributed by atoms with E-state index < -0.39 is 31.1 Å². The molecule has 1 unspecified atom stereocenters. The Hall–Kier alpha value is -1.93. The molecule has 1 amide bonds. The molecule has 3 aromatic rings. The van der Waals surface area contributed by atoms with Gasteiger partial charge in [0.05, 0.1) is 20.3 Å². The number of benzene rings is 2. The van der Waals surface area contributed by atoms with Crippen LogP contribution in [0.5, 0.6) is 0 Å². The van der Waals surface area contributed by atoms with Crippen LogP contribution in [0.4, 0.5) is 0 Å². The smallest absolute Gasteiger partial charge is 0.787 e. The maximum atomic E-state index is 13.4. The largest absolute Gasteiger partial charge is 1.00 e. The minimum atomic E-state index is -4.37. The van der Waals surface area contributed by atoms with Crippen LogP contribution in [-0.4, -0.2) is 42.2 Å². The average Bonchev–Trinajstić information content (AvgIpc) is 3.28. The summed E-state index contributed by atoms with van der Waals surface area (Å²) in [4.78, 5) is 42.4. The van der Waals surface area contributed by atoms with E-state index in [1.54, 1.807) is 30.5 Å². The molecule has 1 heterocycles. The number of hydrogen-bond acceptors (Lipinski definition) is 5. The maximum absolute atomic E-state index is 13.4. The van der Waals surface area contributed by atoms with Crippen LogP contribution in [0.1, 0.15) is 31.4 Å². The fourth-order valence-corrected chi connectivity index (χ4v) is 5.49. The molecule has 1 aromatic heterocycles. The normalized spacial score (nSPS) is 15.2. The van der Waals surface area contributed by atoms with Gasteiger partial charge < -0.3 is 24.5 Å². The molecule has 0 fully saturated rings. The van der Waals surface area contributed by atoms with Gasteiger partial charge in [-0.3, -0.25) is 9.88 Å². The third kappa shape index (κ3) is 8.04. The zero-order valence-electron chi connectivity index (χ0n) is 21.3. The SMILES string of the molecule is CC[C@H](C)CNP(=O)([O-])[C@@H](Cc1ccccc1)C(=O)N[C@@H](Cc1c[nH]c2ccccc12)C(=O)OC.[Na+]. The van der Waals surface area contributed by atoms with E-state index in [9.17, 15) is 19.0 Å². The average molecular weight is 522 g/mol. The van der Waals surface area contributed by atoms with Crippen LogP contribution < -0.4 is 44.9 Å². The first-order valence-electron chi connectivity index (χ1n) is 11.8. The minimum Gasteiger partial charge on any atom is -0.787 e. The quantitative estimate of drug-likeness (QED) is 0.178. The Morgan fingerprint density at radius 3 is 2.42 bits per heavy atom. The van der Waals surface area contributed by atoms with Crippen LogP contribution in [0.25, 0.3) is 10.9 Å². The van der Waals surface area contributed by atoms with Crippen molar-refractivity contribution in [1.29, 1.82) is 0 Å². The summed E-state index contributed by atoms with van der Waals surface area (Å²) in [6.07, 6.45) is 2.73. The molecule has 36 heavy (non-hydrogen) atoms. The number of aromatic amines is 1. The van der Waals surface area contributed by atoms with Crippen molar-refractivity contribution in [3.8, 4) is 0 Å². The molecule has 3 N–H and O–H groups in total. The number of hydrogen-bond donors (Lipinski definition) is 3. The van der Waals surface area contributed by atoms with Gasteiger partial charge in [-0.05, 0) is 29.5 Å². The monoisotopic (exact) mass is 521 g/mol. The van der Waals surface area contributed by atoms with Crippen molar-refractivity contribution in [3.05, 3.63) is 71.9 Å². The number of nitrogens with one attached hydrogen (secondary N) is 3. The zero-order valence-corrected chi connectivity index (χ0v) is 24.2. The molecule has 0 aliphatic rings. The van der Waals surface area contributed by atoms with Gasteiger partial charge in [0.15, 0.2) is 0 Å². The summed E-state index contributed by atoms with van der Waals surface area (Å²) < 4.78 is 18.2. The number of esters is 1. The molecule has 0 aliphatic carbocycles. The molecule has 2 aromatic carbocycles. The standard InChI is InChI=1S/C26H34N3O5P.Na/c1-4-18(2)16-28-35(32,33)24(14-19-10-6-5-7-11-19)25(30)29-23(26(31)34-3)15-20-17-27-22-13-9-8-12-21(20)22;/h5-13,17-18,23-24,27H,4,14-16H2,1-3H3,(H,29,30)(H2,28,32,33);/q;+1/p-1/t18-,23-,24-;/m0./s1. The summed E-state index contributed by atoms with van der Waals surface area (Å²) in [6, 6.07) is 15.5. The van der Waals surface area contributed by atoms with Crippen LogP contribution >= 0.6 is 7.52 Å². The second kappa shape index (κ2) is 14.1. The van der Waals surface area contributed by atoms with E-state index in [0.717, 1.165) is 22.9 Å². The van der Waals surface area contributed by atoms with E-state index in [1.807, 2.05) is 44.2 Å². The minimum absolute atomic E-state index is 0. The van der Waals surface area contributed by atoms with Gasteiger partial charge in [0.2, 0.25) is 5.91 Å². The summed E-state index contributed by atoms with van der Waals surface area (Å²) >= 11 is 0. The van der Waals surface area contributed by atoms with Gasteiger partial charge in [0, 0.05) is 30.1 Å². The number of carbonyl (C=O) groups excluding carboxylic acids is 2. The molecule has 0 radical (unpaired) electrons. The van der Waals surface area contributed by atoms with Crippen molar-refractivity contribution < 1.29 is 53.3 Å². The van der Waals surface area contributed by atoms with Gasteiger partial charge in [-0.2, -0.15) is 0 Å². The van der Waals surface area contributed by atoms with E-state index in [2.05, 4.69) is 15.4 Å². The molecule has 0 spiro atoms. The Balaban J connectivity index is 0.00000456. The van der Waals surface area contributed by atoms with Crippen LogP contribution in [0.15, 0.2) is 60.8 Å².